The third kappa shape index (κ3) is 4.41. The van der Waals surface area contributed by atoms with Gasteiger partial charge in [0.05, 0.1) is 23.9 Å². The highest BCUT2D eigenvalue weighted by Crippen LogP contribution is 2.27. The predicted octanol–water partition coefficient (Wildman–Crippen LogP) is 1.92. The summed E-state index contributed by atoms with van der Waals surface area (Å²) in [5, 5.41) is 21.4. The van der Waals surface area contributed by atoms with Gasteiger partial charge in [0.2, 0.25) is 0 Å². The normalized spacial score (nSPS) is 12.2. The van der Waals surface area contributed by atoms with Crippen molar-refractivity contribution in [3.63, 3.8) is 0 Å². The fourth-order valence-electron chi connectivity index (χ4n) is 1.82. The Morgan fingerprint density at radius 2 is 2.26 bits per heavy atom. The second-order valence-corrected chi connectivity index (χ2v) is 4.84. The van der Waals surface area contributed by atoms with Crippen molar-refractivity contribution in [1.29, 1.82) is 0 Å². The molecule has 0 aromatic heterocycles. The minimum Gasteiger partial charge on any atom is -0.478 e. The standard InChI is InChI=1S/C13H19NO4S/c1-18-8-9(6-7-15)14-10-4-3-5-11(19-2)12(10)13(16)17/h3-5,9,14-15H,6-8H2,1-2H3,(H,16,17). The predicted molar refractivity (Wildman–Crippen MR) is 76.2 cm³/mol. The first kappa shape index (κ1) is 15.8. The lowest BCUT2D eigenvalue weighted by Crippen LogP contribution is -2.27. The molecular weight excluding hydrogens is 266 g/mol. The van der Waals surface area contributed by atoms with Crippen LogP contribution in [0.1, 0.15) is 16.8 Å². The monoisotopic (exact) mass is 285 g/mol. The molecule has 0 amide bonds. The van der Waals surface area contributed by atoms with Crippen LogP contribution in [0.25, 0.3) is 0 Å². The van der Waals surface area contributed by atoms with Crippen LogP contribution in [0.4, 0.5) is 5.69 Å². The fraction of sp³-hybridized carbons (Fsp3) is 0.462. The van der Waals surface area contributed by atoms with Crippen molar-refractivity contribution in [2.24, 2.45) is 0 Å². The maximum absolute atomic E-state index is 11.4. The molecule has 1 aromatic carbocycles. The number of carboxylic acids is 1. The first-order chi connectivity index (χ1) is 9.13. The lowest BCUT2D eigenvalue weighted by atomic mass is 10.1. The highest BCUT2D eigenvalue weighted by Gasteiger charge is 2.17. The summed E-state index contributed by atoms with van der Waals surface area (Å²) in [5.41, 5.74) is 0.809. The zero-order valence-corrected chi connectivity index (χ0v) is 11.9. The average molecular weight is 285 g/mol. The van der Waals surface area contributed by atoms with E-state index in [9.17, 15) is 9.90 Å². The molecule has 0 bridgehead atoms. The number of rotatable bonds is 8. The van der Waals surface area contributed by atoms with E-state index in [4.69, 9.17) is 9.84 Å². The van der Waals surface area contributed by atoms with Crippen molar-refractivity contribution in [3.8, 4) is 0 Å². The molecule has 0 aliphatic rings. The van der Waals surface area contributed by atoms with Gasteiger partial charge in [-0.05, 0) is 24.8 Å². The number of aromatic carboxylic acids is 1. The van der Waals surface area contributed by atoms with Crippen LogP contribution in [0, 0.1) is 0 Å². The number of hydrogen-bond acceptors (Lipinski definition) is 5. The van der Waals surface area contributed by atoms with Gasteiger partial charge >= 0.3 is 5.97 Å². The van der Waals surface area contributed by atoms with E-state index in [1.165, 1.54) is 11.8 Å². The van der Waals surface area contributed by atoms with E-state index in [2.05, 4.69) is 5.32 Å². The van der Waals surface area contributed by atoms with Crippen molar-refractivity contribution in [2.45, 2.75) is 17.4 Å². The number of benzene rings is 1. The molecule has 106 valence electrons. The van der Waals surface area contributed by atoms with Gasteiger partial charge in [-0.15, -0.1) is 11.8 Å². The molecular formula is C13H19NO4S. The number of ether oxygens (including phenoxy) is 1. The van der Waals surface area contributed by atoms with E-state index in [0.29, 0.717) is 23.6 Å². The summed E-state index contributed by atoms with van der Waals surface area (Å²) >= 11 is 1.39. The maximum atomic E-state index is 11.4. The molecule has 6 heteroatoms. The molecule has 0 heterocycles. The first-order valence-electron chi connectivity index (χ1n) is 5.90. The average Bonchev–Trinajstić information content (AvgIpc) is 2.38. The van der Waals surface area contributed by atoms with Crippen LogP contribution >= 0.6 is 11.8 Å². The Morgan fingerprint density at radius 1 is 1.53 bits per heavy atom. The number of carbonyl (C=O) groups is 1. The maximum Gasteiger partial charge on any atom is 0.338 e. The second kappa shape index (κ2) is 8.04. The molecule has 1 unspecified atom stereocenters. The summed E-state index contributed by atoms with van der Waals surface area (Å²) in [5.74, 6) is -0.965. The van der Waals surface area contributed by atoms with Crippen molar-refractivity contribution < 1.29 is 19.7 Å². The van der Waals surface area contributed by atoms with Gasteiger partial charge in [-0.25, -0.2) is 4.79 Å². The topological polar surface area (TPSA) is 78.8 Å². The summed E-state index contributed by atoms with van der Waals surface area (Å²) in [4.78, 5) is 12.1. The minimum atomic E-state index is -0.965. The smallest absolute Gasteiger partial charge is 0.338 e. The Hall–Kier alpha value is -1.24. The summed E-state index contributed by atoms with van der Waals surface area (Å²) in [7, 11) is 1.57. The van der Waals surface area contributed by atoms with E-state index < -0.39 is 5.97 Å². The van der Waals surface area contributed by atoms with Crippen LogP contribution in [0.15, 0.2) is 23.1 Å². The Bertz CT molecular complexity index is 419. The highest BCUT2D eigenvalue weighted by atomic mass is 32.2. The van der Waals surface area contributed by atoms with Crippen LogP contribution < -0.4 is 5.32 Å². The van der Waals surface area contributed by atoms with E-state index >= 15 is 0 Å². The van der Waals surface area contributed by atoms with Crippen molar-refractivity contribution in [2.75, 3.05) is 31.9 Å². The Labute approximate surface area is 117 Å². The van der Waals surface area contributed by atoms with Gasteiger partial charge in [0.25, 0.3) is 0 Å². The van der Waals surface area contributed by atoms with Crippen molar-refractivity contribution in [1.82, 2.24) is 0 Å². The minimum absolute atomic E-state index is 0.0195. The molecule has 3 N–H and O–H groups in total. The van der Waals surface area contributed by atoms with Gasteiger partial charge in [-0.3, -0.25) is 0 Å². The number of methoxy groups -OCH3 is 1. The van der Waals surface area contributed by atoms with E-state index in [-0.39, 0.29) is 18.2 Å². The fourth-order valence-corrected chi connectivity index (χ4v) is 2.43. The number of hydrogen-bond donors (Lipinski definition) is 3. The lowest BCUT2D eigenvalue weighted by molar-refractivity contribution is 0.0694. The summed E-state index contributed by atoms with van der Waals surface area (Å²) in [6.45, 7) is 0.425. The number of carboxylic acid groups (broad SMARTS) is 1. The molecule has 0 spiro atoms. The van der Waals surface area contributed by atoms with Crippen LogP contribution in [-0.2, 0) is 4.74 Å². The van der Waals surface area contributed by atoms with Gasteiger partial charge in [-0.1, -0.05) is 6.07 Å². The Morgan fingerprint density at radius 3 is 2.79 bits per heavy atom. The molecule has 1 atom stereocenters. The summed E-state index contributed by atoms with van der Waals surface area (Å²) < 4.78 is 5.06. The molecule has 0 radical (unpaired) electrons. The Balaban J connectivity index is 3.01. The van der Waals surface area contributed by atoms with E-state index in [0.717, 1.165) is 0 Å². The number of thioether (sulfide) groups is 1. The van der Waals surface area contributed by atoms with Crippen molar-refractivity contribution in [3.05, 3.63) is 23.8 Å². The zero-order chi connectivity index (χ0) is 14.3. The van der Waals surface area contributed by atoms with Gasteiger partial charge in [0.15, 0.2) is 0 Å². The molecule has 0 saturated heterocycles. The second-order valence-electron chi connectivity index (χ2n) is 4.00. The molecule has 1 aromatic rings. The molecule has 19 heavy (non-hydrogen) atoms. The van der Waals surface area contributed by atoms with Crippen LogP contribution in [-0.4, -0.2) is 48.8 Å². The molecule has 0 aliphatic heterocycles. The molecule has 0 fully saturated rings. The molecule has 0 aliphatic carbocycles. The molecule has 1 rings (SSSR count). The van der Waals surface area contributed by atoms with Crippen molar-refractivity contribution >= 4 is 23.4 Å². The summed E-state index contributed by atoms with van der Waals surface area (Å²) in [6, 6.07) is 5.19. The van der Waals surface area contributed by atoms with Crippen LogP contribution in [0.3, 0.4) is 0 Å². The number of aliphatic hydroxyl groups excluding tert-OH is 1. The highest BCUT2D eigenvalue weighted by molar-refractivity contribution is 7.98. The third-order valence-electron chi connectivity index (χ3n) is 2.67. The molecule has 0 saturated carbocycles. The Kier molecular flexibility index (Phi) is 6.69. The van der Waals surface area contributed by atoms with Crippen LogP contribution in [0.5, 0.6) is 0 Å². The quantitative estimate of drug-likeness (QED) is 0.633. The number of anilines is 1. The SMILES string of the molecule is COCC(CCO)Nc1cccc(SC)c1C(=O)O. The number of aliphatic hydroxyl groups is 1. The van der Waals surface area contributed by atoms with Gasteiger partial charge in [0, 0.05) is 18.6 Å². The summed E-state index contributed by atoms with van der Waals surface area (Å²) in [6.07, 6.45) is 2.34. The van der Waals surface area contributed by atoms with Gasteiger partial charge in [0.1, 0.15) is 0 Å². The zero-order valence-electron chi connectivity index (χ0n) is 11.0. The van der Waals surface area contributed by atoms with Gasteiger partial charge < -0.3 is 20.3 Å². The van der Waals surface area contributed by atoms with Crippen LogP contribution in [0.2, 0.25) is 0 Å². The van der Waals surface area contributed by atoms with E-state index in [1.807, 2.05) is 12.3 Å². The largest absolute Gasteiger partial charge is 0.478 e. The van der Waals surface area contributed by atoms with E-state index in [1.54, 1.807) is 19.2 Å². The first-order valence-corrected chi connectivity index (χ1v) is 7.13. The molecule has 5 nitrogen and oxygen atoms in total. The van der Waals surface area contributed by atoms with Gasteiger partial charge in [-0.2, -0.15) is 0 Å². The number of nitrogens with one attached hydrogen (secondary N) is 1. The third-order valence-corrected chi connectivity index (χ3v) is 3.45. The lowest BCUT2D eigenvalue weighted by Gasteiger charge is -2.20.